The van der Waals surface area contributed by atoms with Crippen molar-refractivity contribution in [3.8, 4) is 0 Å². The molecule has 1 heterocycles. The Bertz CT molecular complexity index is 536. The van der Waals surface area contributed by atoms with Crippen molar-refractivity contribution in [2.75, 3.05) is 0 Å². The summed E-state index contributed by atoms with van der Waals surface area (Å²) < 4.78 is 5.67. The summed E-state index contributed by atoms with van der Waals surface area (Å²) in [5.74, 6) is 2.06. The van der Waals surface area contributed by atoms with Crippen LogP contribution in [0.1, 0.15) is 43.3 Å². The predicted molar refractivity (Wildman–Crippen MR) is 80.1 cm³/mol. The molecule has 0 aliphatic carbocycles. The van der Waals surface area contributed by atoms with Crippen LogP contribution < -0.4 is 5.73 Å². The fourth-order valence-electron chi connectivity index (χ4n) is 1.94. The zero-order chi connectivity index (χ0) is 14.5. The summed E-state index contributed by atoms with van der Waals surface area (Å²) in [6.07, 6.45) is 0.963. The molecule has 0 spiro atoms. The van der Waals surface area contributed by atoms with Gasteiger partial charge in [-0.15, -0.1) is 10.2 Å². The molecule has 0 aliphatic rings. The summed E-state index contributed by atoms with van der Waals surface area (Å²) in [5.41, 5.74) is 6.61. The lowest BCUT2D eigenvalue weighted by Gasteiger charge is -2.05. The van der Waals surface area contributed by atoms with E-state index in [2.05, 4.69) is 61.0 Å². The van der Waals surface area contributed by atoms with Gasteiger partial charge in [-0.25, -0.2) is 0 Å². The standard InChI is InChI=1S/C15H21N3OS/c1-10(2)8-13(16)14-17-18-15(19-14)20-9-12-6-4-11(3)5-7-12/h4-7,10,13H,8-9,16H2,1-3H3/p+1/t13-/m0/s1. The Labute approximate surface area is 124 Å². The molecule has 0 amide bonds. The van der Waals surface area contributed by atoms with E-state index in [0.29, 0.717) is 17.0 Å². The van der Waals surface area contributed by atoms with Crippen LogP contribution in [0.15, 0.2) is 33.9 Å². The smallest absolute Gasteiger partial charge is 0.277 e. The quantitative estimate of drug-likeness (QED) is 0.831. The first-order valence-corrected chi connectivity index (χ1v) is 7.88. The highest BCUT2D eigenvalue weighted by molar-refractivity contribution is 7.98. The molecule has 2 rings (SSSR count). The summed E-state index contributed by atoms with van der Waals surface area (Å²) in [5, 5.41) is 8.80. The van der Waals surface area contributed by atoms with Crippen LogP contribution in [-0.4, -0.2) is 10.2 Å². The summed E-state index contributed by atoms with van der Waals surface area (Å²) in [4.78, 5) is 0. The monoisotopic (exact) mass is 292 g/mol. The average molecular weight is 292 g/mol. The lowest BCUT2D eigenvalue weighted by atomic mass is 10.1. The van der Waals surface area contributed by atoms with Crippen LogP contribution >= 0.6 is 11.8 Å². The molecule has 0 aliphatic heterocycles. The van der Waals surface area contributed by atoms with Crippen molar-refractivity contribution in [3.63, 3.8) is 0 Å². The Morgan fingerprint density at radius 1 is 1.20 bits per heavy atom. The number of aryl methyl sites for hydroxylation is 1. The minimum Gasteiger partial charge on any atom is -0.410 e. The molecule has 0 bridgehead atoms. The molecule has 1 aromatic heterocycles. The molecule has 0 unspecified atom stereocenters. The normalized spacial score (nSPS) is 12.8. The molecule has 4 nitrogen and oxygen atoms in total. The number of nitrogens with zero attached hydrogens (tertiary/aromatic N) is 2. The second kappa shape index (κ2) is 6.90. The SMILES string of the molecule is Cc1ccc(CSc2nnc([C@@H]([NH3+])CC(C)C)o2)cc1. The van der Waals surface area contributed by atoms with E-state index in [1.807, 2.05) is 0 Å². The molecule has 2 aromatic rings. The zero-order valence-corrected chi connectivity index (χ0v) is 13.1. The molecular formula is C15H22N3OS+. The first-order valence-electron chi connectivity index (χ1n) is 6.89. The average Bonchev–Trinajstić information content (AvgIpc) is 2.86. The van der Waals surface area contributed by atoms with Gasteiger partial charge in [0.25, 0.3) is 11.1 Å². The Morgan fingerprint density at radius 2 is 1.90 bits per heavy atom. The van der Waals surface area contributed by atoms with E-state index in [4.69, 9.17) is 4.42 Å². The van der Waals surface area contributed by atoms with Crippen LogP contribution in [0.4, 0.5) is 0 Å². The maximum absolute atomic E-state index is 5.67. The second-order valence-electron chi connectivity index (χ2n) is 5.51. The van der Waals surface area contributed by atoms with Gasteiger partial charge in [0.15, 0.2) is 6.04 Å². The van der Waals surface area contributed by atoms with E-state index < -0.39 is 0 Å². The fourth-order valence-corrected chi connectivity index (χ4v) is 2.67. The van der Waals surface area contributed by atoms with Crippen molar-refractivity contribution in [2.24, 2.45) is 5.92 Å². The van der Waals surface area contributed by atoms with Gasteiger partial charge in [0.2, 0.25) is 0 Å². The molecule has 108 valence electrons. The topological polar surface area (TPSA) is 66.6 Å². The summed E-state index contributed by atoms with van der Waals surface area (Å²) in [6, 6.07) is 8.56. The molecule has 0 fully saturated rings. The maximum atomic E-state index is 5.67. The third-order valence-corrected chi connectivity index (χ3v) is 3.90. The highest BCUT2D eigenvalue weighted by Gasteiger charge is 2.19. The van der Waals surface area contributed by atoms with Crippen molar-refractivity contribution < 1.29 is 10.2 Å². The highest BCUT2D eigenvalue weighted by atomic mass is 32.2. The Kier molecular flexibility index (Phi) is 5.20. The number of hydrogen-bond donors (Lipinski definition) is 1. The highest BCUT2D eigenvalue weighted by Crippen LogP contribution is 2.24. The van der Waals surface area contributed by atoms with Crippen LogP contribution in [0, 0.1) is 12.8 Å². The number of rotatable bonds is 6. The van der Waals surface area contributed by atoms with Gasteiger partial charge < -0.3 is 10.2 Å². The Hall–Kier alpha value is -1.33. The van der Waals surface area contributed by atoms with Crippen LogP contribution in [-0.2, 0) is 5.75 Å². The van der Waals surface area contributed by atoms with E-state index in [0.717, 1.165) is 12.2 Å². The van der Waals surface area contributed by atoms with E-state index in [1.165, 1.54) is 11.1 Å². The second-order valence-corrected chi connectivity index (χ2v) is 6.43. The lowest BCUT2D eigenvalue weighted by molar-refractivity contribution is -0.435. The number of thioether (sulfide) groups is 1. The van der Waals surface area contributed by atoms with Crippen molar-refractivity contribution in [1.29, 1.82) is 0 Å². The van der Waals surface area contributed by atoms with Gasteiger partial charge in [-0.2, -0.15) is 0 Å². The minimum absolute atomic E-state index is 0.0798. The van der Waals surface area contributed by atoms with Gasteiger partial charge in [0.05, 0.1) is 0 Å². The van der Waals surface area contributed by atoms with Crippen LogP contribution in [0.5, 0.6) is 0 Å². The minimum atomic E-state index is 0.0798. The van der Waals surface area contributed by atoms with E-state index in [1.54, 1.807) is 11.8 Å². The Morgan fingerprint density at radius 3 is 2.55 bits per heavy atom. The number of benzene rings is 1. The predicted octanol–water partition coefficient (Wildman–Crippen LogP) is 3.00. The molecule has 0 saturated heterocycles. The molecule has 1 aromatic carbocycles. The molecular weight excluding hydrogens is 270 g/mol. The number of quaternary nitrogens is 1. The third kappa shape index (κ3) is 4.35. The summed E-state index contributed by atoms with van der Waals surface area (Å²) in [6.45, 7) is 6.42. The van der Waals surface area contributed by atoms with Crippen molar-refractivity contribution >= 4 is 11.8 Å². The molecule has 20 heavy (non-hydrogen) atoms. The molecule has 1 atom stereocenters. The number of hydrogen-bond acceptors (Lipinski definition) is 4. The zero-order valence-electron chi connectivity index (χ0n) is 12.3. The Balaban J connectivity index is 1.91. The van der Waals surface area contributed by atoms with Crippen molar-refractivity contribution in [1.82, 2.24) is 10.2 Å². The van der Waals surface area contributed by atoms with Crippen molar-refractivity contribution in [3.05, 3.63) is 41.3 Å². The molecule has 3 N–H and O–H groups in total. The van der Waals surface area contributed by atoms with Crippen LogP contribution in [0.3, 0.4) is 0 Å². The largest absolute Gasteiger partial charge is 0.410 e. The fraction of sp³-hybridized carbons (Fsp3) is 0.467. The van der Waals surface area contributed by atoms with Gasteiger partial charge in [0.1, 0.15) is 0 Å². The van der Waals surface area contributed by atoms with Gasteiger partial charge in [-0.1, -0.05) is 55.4 Å². The molecule has 0 saturated carbocycles. The van der Waals surface area contributed by atoms with Gasteiger partial charge in [-0.3, -0.25) is 0 Å². The van der Waals surface area contributed by atoms with E-state index in [9.17, 15) is 0 Å². The van der Waals surface area contributed by atoms with Crippen LogP contribution in [0.25, 0.3) is 0 Å². The van der Waals surface area contributed by atoms with Gasteiger partial charge in [0, 0.05) is 12.2 Å². The van der Waals surface area contributed by atoms with Gasteiger partial charge >= 0.3 is 0 Å². The van der Waals surface area contributed by atoms with Gasteiger partial charge in [-0.05, 0) is 18.4 Å². The summed E-state index contributed by atoms with van der Waals surface area (Å²) >= 11 is 1.57. The first-order chi connectivity index (χ1) is 9.54. The van der Waals surface area contributed by atoms with Crippen molar-refractivity contribution in [2.45, 2.75) is 44.2 Å². The van der Waals surface area contributed by atoms with E-state index >= 15 is 0 Å². The summed E-state index contributed by atoms with van der Waals surface area (Å²) in [7, 11) is 0. The van der Waals surface area contributed by atoms with Crippen LogP contribution in [0.2, 0.25) is 0 Å². The molecule has 0 radical (unpaired) electrons. The third-order valence-electron chi connectivity index (χ3n) is 3.01. The molecule has 5 heteroatoms. The maximum Gasteiger partial charge on any atom is 0.277 e. The lowest BCUT2D eigenvalue weighted by Crippen LogP contribution is -2.54. The first kappa shape index (κ1) is 15.1. The number of aromatic nitrogens is 2. The van der Waals surface area contributed by atoms with E-state index in [-0.39, 0.29) is 6.04 Å².